The highest BCUT2D eigenvalue weighted by Crippen LogP contribution is 2.49. The van der Waals surface area contributed by atoms with Crippen LogP contribution in [0.25, 0.3) is 0 Å². The monoisotopic (exact) mass is 310 g/mol. The van der Waals surface area contributed by atoms with Crippen molar-refractivity contribution < 1.29 is 4.79 Å². The van der Waals surface area contributed by atoms with Crippen LogP contribution in [0.1, 0.15) is 46.4 Å². The third kappa shape index (κ3) is 3.36. The number of H-pyrrole nitrogens is 1. The molecule has 2 aromatic rings. The summed E-state index contributed by atoms with van der Waals surface area (Å²) < 4.78 is 0. The third-order valence-electron chi connectivity index (χ3n) is 4.61. The molecule has 23 heavy (non-hydrogen) atoms. The minimum Gasteiger partial charge on any atom is -0.349 e. The van der Waals surface area contributed by atoms with E-state index in [2.05, 4.69) is 41.5 Å². The van der Waals surface area contributed by atoms with Crippen LogP contribution in [-0.4, -0.2) is 16.9 Å². The first-order chi connectivity index (χ1) is 11.0. The highest BCUT2D eigenvalue weighted by molar-refractivity contribution is 5.94. The number of carbonyl (C=O) groups excluding carboxylic acids is 1. The number of aryl methyl sites for hydroxylation is 2. The molecule has 1 aliphatic carbocycles. The first-order valence-corrected chi connectivity index (χ1v) is 8.03. The Kier molecular flexibility index (Phi) is 4.07. The molecule has 1 heterocycles. The number of hydrogen-bond acceptors (Lipinski definition) is 2. The Hall–Kier alpha value is -2.36. The van der Waals surface area contributed by atoms with E-state index in [0.717, 1.165) is 12.1 Å². The highest BCUT2D eigenvalue weighted by Gasteiger charge is 2.42. The Morgan fingerprint density at radius 1 is 1.26 bits per heavy atom. The molecule has 0 spiro atoms. The maximum atomic E-state index is 12.3. The molecular weight excluding hydrogens is 288 g/mol. The van der Waals surface area contributed by atoms with Gasteiger partial charge in [0.1, 0.15) is 5.56 Å². The molecule has 3 atom stereocenters. The first kappa shape index (κ1) is 15.5. The Bertz CT molecular complexity index is 794. The van der Waals surface area contributed by atoms with Crippen molar-refractivity contribution in [2.75, 3.05) is 0 Å². The van der Waals surface area contributed by atoms with Crippen LogP contribution in [-0.2, 0) is 0 Å². The summed E-state index contributed by atoms with van der Waals surface area (Å²) in [5, 5.41) is 2.97. The summed E-state index contributed by atoms with van der Waals surface area (Å²) in [6.45, 7) is 5.90. The number of benzene rings is 1. The Balaban J connectivity index is 1.65. The van der Waals surface area contributed by atoms with Crippen molar-refractivity contribution in [2.24, 2.45) is 5.92 Å². The molecule has 4 nitrogen and oxygen atoms in total. The predicted octanol–water partition coefficient (Wildman–Crippen LogP) is 2.91. The summed E-state index contributed by atoms with van der Waals surface area (Å²) in [6, 6.07) is 11.9. The quantitative estimate of drug-likeness (QED) is 0.912. The topological polar surface area (TPSA) is 62.0 Å². The lowest BCUT2D eigenvalue weighted by Gasteiger charge is -2.14. The lowest BCUT2D eigenvalue weighted by Crippen LogP contribution is -2.37. The number of hydrogen-bond donors (Lipinski definition) is 2. The number of carbonyl (C=O) groups is 1. The molecule has 0 saturated heterocycles. The van der Waals surface area contributed by atoms with Crippen LogP contribution in [0.2, 0.25) is 0 Å². The van der Waals surface area contributed by atoms with Gasteiger partial charge in [0.05, 0.1) is 0 Å². The van der Waals surface area contributed by atoms with E-state index in [-0.39, 0.29) is 23.1 Å². The molecule has 1 aromatic heterocycles. The van der Waals surface area contributed by atoms with E-state index in [1.807, 2.05) is 6.92 Å². The minimum atomic E-state index is -0.333. The zero-order valence-corrected chi connectivity index (χ0v) is 13.7. The number of aromatic nitrogens is 1. The second kappa shape index (κ2) is 6.03. The van der Waals surface area contributed by atoms with Crippen molar-refractivity contribution in [3.8, 4) is 0 Å². The van der Waals surface area contributed by atoms with E-state index in [1.165, 1.54) is 11.1 Å². The van der Waals surface area contributed by atoms with E-state index >= 15 is 0 Å². The molecule has 120 valence electrons. The normalized spacial score (nSPS) is 20.8. The maximum absolute atomic E-state index is 12.3. The first-order valence-electron chi connectivity index (χ1n) is 8.03. The van der Waals surface area contributed by atoms with E-state index in [0.29, 0.717) is 11.8 Å². The van der Waals surface area contributed by atoms with Gasteiger partial charge in [-0.1, -0.05) is 29.8 Å². The number of amides is 1. The molecular formula is C19H22N2O2. The molecule has 0 unspecified atom stereocenters. The van der Waals surface area contributed by atoms with E-state index in [4.69, 9.17) is 0 Å². The van der Waals surface area contributed by atoms with Crippen LogP contribution in [0.4, 0.5) is 0 Å². The Morgan fingerprint density at radius 3 is 2.74 bits per heavy atom. The molecule has 1 aliphatic rings. The van der Waals surface area contributed by atoms with Gasteiger partial charge >= 0.3 is 0 Å². The van der Waals surface area contributed by atoms with Crippen LogP contribution >= 0.6 is 0 Å². The van der Waals surface area contributed by atoms with Gasteiger partial charge in [0, 0.05) is 11.7 Å². The van der Waals surface area contributed by atoms with Crippen LogP contribution in [0, 0.1) is 19.8 Å². The zero-order valence-electron chi connectivity index (χ0n) is 13.7. The number of aromatic amines is 1. The fourth-order valence-electron chi connectivity index (χ4n) is 3.19. The molecule has 1 amide bonds. The summed E-state index contributed by atoms with van der Waals surface area (Å²) >= 11 is 0. The van der Waals surface area contributed by atoms with Crippen LogP contribution in [0.5, 0.6) is 0 Å². The van der Waals surface area contributed by atoms with Crippen molar-refractivity contribution in [3.05, 3.63) is 69.1 Å². The average molecular weight is 310 g/mol. The van der Waals surface area contributed by atoms with Crippen molar-refractivity contribution in [1.29, 1.82) is 0 Å². The Morgan fingerprint density at radius 2 is 2.04 bits per heavy atom. The van der Waals surface area contributed by atoms with E-state index in [9.17, 15) is 9.59 Å². The summed E-state index contributed by atoms with van der Waals surface area (Å²) in [4.78, 5) is 26.8. The molecule has 4 heteroatoms. The van der Waals surface area contributed by atoms with Gasteiger partial charge in [-0.15, -0.1) is 0 Å². The van der Waals surface area contributed by atoms with Crippen LogP contribution in [0.15, 0.2) is 41.2 Å². The number of nitrogens with one attached hydrogen (secondary N) is 2. The standard InChI is InChI=1S/C19H22N2O2/c1-11-5-4-6-14(9-11)17-10-16(17)13(3)21-19(23)15-8-7-12(2)20-18(15)22/h4-9,13,16-17H,10H2,1-3H3,(H,20,22)(H,21,23)/t13-,16+,17-/m0/s1. The minimum absolute atomic E-state index is 0.0497. The van der Waals surface area contributed by atoms with Crippen molar-refractivity contribution in [2.45, 2.75) is 39.2 Å². The summed E-state index contributed by atoms with van der Waals surface area (Å²) in [5.41, 5.74) is 3.19. The summed E-state index contributed by atoms with van der Waals surface area (Å²) in [7, 11) is 0. The summed E-state index contributed by atoms with van der Waals surface area (Å²) in [6.07, 6.45) is 1.08. The van der Waals surface area contributed by atoms with Gasteiger partial charge in [0.25, 0.3) is 11.5 Å². The number of pyridine rings is 1. The molecule has 1 fully saturated rings. The molecule has 1 saturated carbocycles. The molecule has 0 radical (unpaired) electrons. The van der Waals surface area contributed by atoms with Gasteiger partial charge in [-0.2, -0.15) is 0 Å². The van der Waals surface area contributed by atoms with Crippen molar-refractivity contribution >= 4 is 5.91 Å². The van der Waals surface area contributed by atoms with Gasteiger partial charge in [-0.05, 0) is 56.7 Å². The third-order valence-corrected chi connectivity index (χ3v) is 4.61. The average Bonchev–Trinajstić information content (AvgIpc) is 3.27. The largest absolute Gasteiger partial charge is 0.349 e. The zero-order chi connectivity index (χ0) is 16.6. The van der Waals surface area contributed by atoms with Crippen molar-refractivity contribution in [1.82, 2.24) is 10.3 Å². The number of rotatable bonds is 4. The van der Waals surface area contributed by atoms with Gasteiger partial charge in [0.15, 0.2) is 0 Å². The van der Waals surface area contributed by atoms with Gasteiger partial charge in [-0.3, -0.25) is 9.59 Å². The van der Waals surface area contributed by atoms with Gasteiger partial charge < -0.3 is 10.3 Å². The fraction of sp³-hybridized carbons (Fsp3) is 0.368. The molecule has 0 aliphatic heterocycles. The van der Waals surface area contributed by atoms with E-state index < -0.39 is 0 Å². The van der Waals surface area contributed by atoms with Crippen molar-refractivity contribution in [3.63, 3.8) is 0 Å². The molecule has 2 N–H and O–H groups in total. The fourth-order valence-corrected chi connectivity index (χ4v) is 3.19. The smallest absolute Gasteiger partial charge is 0.260 e. The van der Waals surface area contributed by atoms with Gasteiger partial charge in [0.2, 0.25) is 0 Å². The van der Waals surface area contributed by atoms with Crippen LogP contribution < -0.4 is 10.9 Å². The lowest BCUT2D eigenvalue weighted by atomic mass is 10.0. The van der Waals surface area contributed by atoms with E-state index in [1.54, 1.807) is 19.1 Å². The molecule has 3 rings (SSSR count). The molecule has 0 bridgehead atoms. The second-order valence-electron chi connectivity index (χ2n) is 6.57. The highest BCUT2D eigenvalue weighted by atomic mass is 16.2. The lowest BCUT2D eigenvalue weighted by molar-refractivity contribution is 0.0934. The molecule has 1 aromatic carbocycles. The second-order valence-corrected chi connectivity index (χ2v) is 6.57. The summed E-state index contributed by atoms with van der Waals surface area (Å²) in [5.74, 6) is 0.639. The van der Waals surface area contributed by atoms with Gasteiger partial charge in [-0.25, -0.2) is 0 Å². The van der Waals surface area contributed by atoms with Crippen LogP contribution in [0.3, 0.4) is 0 Å². The Labute approximate surface area is 135 Å². The maximum Gasteiger partial charge on any atom is 0.260 e. The predicted molar refractivity (Wildman–Crippen MR) is 90.8 cm³/mol. The SMILES string of the molecule is Cc1cccc([C@@H]2C[C@@H]2[C@H](C)NC(=O)c2ccc(C)[nH]c2=O)c1.